The summed E-state index contributed by atoms with van der Waals surface area (Å²) in [5.74, 6) is -0.363. The van der Waals surface area contributed by atoms with E-state index in [9.17, 15) is 4.79 Å². The van der Waals surface area contributed by atoms with Crippen molar-refractivity contribution in [3.8, 4) is 0 Å². The van der Waals surface area contributed by atoms with Gasteiger partial charge >= 0.3 is 5.97 Å². The van der Waals surface area contributed by atoms with Gasteiger partial charge in [0, 0.05) is 11.4 Å². The lowest BCUT2D eigenvalue weighted by Crippen LogP contribution is -2.09. The molecule has 0 saturated heterocycles. The summed E-state index contributed by atoms with van der Waals surface area (Å²) in [5, 5.41) is 0. The predicted molar refractivity (Wildman–Crippen MR) is 97.4 cm³/mol. The Morgan fingerprint density at radius 1 is 0.913 bits per heavy atom. The van der Waals surface area contributed by atoms with Crippen LogP contribution in [0.2, 0.25) is 0 Å². The average Bonchev–Trinajstić information content (AvgIpc) is 2.52. The Morgan fingerprint density at radius 2 is 1.48 bits per heavy atom. The summed E-state index contributed by atoms with van der Waals surface area (Å²) in [6.45, 7) is 2.70. The van der Waals surface area contributed by atoms with Crippen molar-refractivity contribution in [3.05, 3.63) is 23.8 Å². The second kappa shape index (κ2) is 11.8. The minimum absolute atomic E-state index is 0.363. The fourth-order valence-electron chi connectivity index (χ4n) is 2.60. The lowest BCUT2D eigenvalue weighted by Gasteiger charge is -2.07. The number of carbonyl (C=O) groups is 1. The summed E-state index contributed by atoms with van der Waals surface area (Å²) in [7, 11) is 0. The molecular weight excluding hydrogens is 288 g/mol. The topological polar surface area (TPSA) is 78.3 Å². The van der Waals surface area contributed by atoms with Gasteiger partial charge in [0.15, 0.2) is 0 Å². The second-order valence-electron chi connectivity index (χ2n) is 6.16. The van der Waals surface area contributed by atoms with Crippen LogP contribution in [0, 0.1) is 0 Å². The highest BCUT2D eigenvalue weighted by atomic mass is 16.5. The van der Waals surface area contributed by atoms with Crippen molar-refractivity contribution < 1.29 is 9.53 Å². The highest BCUT2D eigenvalue weighted by molar-refractivity contribution is 5.95. The predicted octanol–water partition coefficient (Wildman–Crippen LogP) is 4.93. The van der Waals surface area contributed by atoms with Crippen LogP contribution in [0.3, 0.4) is 0 Å². The maximum atomic E-state index is 11.9. The van der Waals surface area contributed by atoms with Gasteiger partial charge in [0.1, 0.15) is 0 Å². The van der Waals surface area contributed by atoms with Crippen LogP contribution in [0.15, 0.2) is 18.2 Å². The molecule has 0 unspecified atom stereocenters. The van der Waals surface area contributed by atoms with Crippen LogP contribution in [0.5, 0.6) is 0 Å². The Labute approximate surface area is 140 Å². The SMILES string of the molecule is CCCCCCCCCCCCOC(=O)c1ccc(N)cc1N. The molecule has 0 saturated carbocycles. The number of carbonyl (C=O) groups excluding carboxylic acids is 1. The van der Waals surface area contributed by atoms with Crippen LogP contribution in [0.4, 0.5) is 11.4 Å². The number of rotatable bonds is 12. The summed E-state index contributed by atoms with van der Waals surface area (Å²) >= 11 is 0. The van der Waals surface area contributed by atoms with E-state index in [-0.39, 0.29) is 5.97 Å². The third-order valence-corrected chi connectivity index (χ3v) is 4.03. The zero-order valence-electron chi connectivity index (χ0n) is 14.5. The molecule has 4 nitrogen and oxygen atoms in total. The molecule has 0 heterocycles. The summed E-state index contributed by atoms with van der Waals surface area (Å²) in [6.07, 6.45) is 12.6. The zero-order valence-corrected chi connectivity index (χ0v) is 14.5. The molecule has 0 fully saturated rings. The number of hydrogen-bond donors (Lipinski definition) is 2. The molecule has 0 amide bonds. The zero-order chi connectivity index (χ0) is 16.9. The van der Waals surface area contributed by atoms with Crippen LogP contribution >= 0.6 is 0 Å². The van der Waals surface area contributed by atoms with Gasteiger partial charge in [0.2, 0.25) is 0 Å². The number of esters is 1. The maximum Gasteiger partial charge on any atom is 0.340 e. The van der Waals surface area contributed by atoms with Crippen LogP contribution in [-0.2, 0) is 4.74 Å². The number of ether oxygens (including phenoxy) is 1. The highest BCUT2D eigenvalue weighted by Crippen LogP contribution is 2.17. The molecule has 1 aromatic rings. The van der Waals surface area contributed by atoms with Gasteiger partial charge in [-0.15, -0.1) is 0 Å². The first-order valence-electron chi connectivity index (χ1n) is 8.97. The normalized spacial score (nSPS) is 10.7. The van der Waals surface area contributed by atoms with Crippen LogP contribution in [-0.4, -0.2) is 12.6 Å². The number of nitrogens with two attached hydrogens (primary N) is 2. The molecule has 0 aromatic heterocycles. The quantitative estimate of drug-likeness (QED) is 0.325. The largest absolute Gasteiger partial charge is 0.462 e. The molecule has 0 aliphatic heterocycles. The Kier molecular flexibility index (Phi) is 9.92. The number of nitrogen functional groups attached to an aromatic ring is 2. The number of benzene rings is 1. The van der Waals surface area contributed by atoms with E-state index in [4.69, 9.17) is 16.2 Å². The van der Waals surface area contributed by atoms with Gasteiger partial charge in [-0.1, -0.05) is 64.7 Å². The van der Waals surface area contributed by atoms with Crippen LogP contribution in [0.25, 0.3) is 0 Å². The van der Waals surface area contributed by atoms with E-state index in [1.807, 2.05) is 0 Å². The molecule has 4 heteroatoms. The second-order valence-corrected chi connectivity index (χ2v) is 6.16. The van der Waals surface area contributed by atoms with Gasteiger partial charge in [0.05, 0.1) is 12.2 Å². The van der Waals surface area contributed by atoms with Crippen molar-refractivity contribution in [1.82, 2.24) is 0 Å². The van der Waals surface area contributed by atoms with Crippen molar-refractivity contribution in [2.45, 2.75) is 71.1 Å². The van der Waals surface area contributed by atoms with Gasteiger partial charge < -0.3 is 16.2 Å². The summed E-state index contributed by atoms with van der Waals surface area (Å²) in [5.41, 5.74) is 12.7. The van der Waals surface area contributed by atoms with Crippen molar-refractivity contribution in [2.75, 3.05) is 18.1 Å². The van der Waals surface area contributed by atoms with Crippen molar-refractivity contribution >= 4 is 17.3 Å². The molecule has 23 heavy (non-hydrogen) atoms. The molecule has 130 valence electrons. The standard InChI is InChI=1S/C19H32N2O2/c1-2-3-4-5-6-7-8-9-10-11-14-23-19(22)17-13-12-16(20)15-18(17)21/h12-13,15H,2-11,14,20-21H2,1H3. The number of hydrogen-bond acceptors (Lipinski definition) is 4. The number of anilines is 2. The Balaban J connectivity index is 2.01. The van der Waals surface area contributed by atoms with Gasteiger partial charge in [-0.25, -0.2) is 4.79 Å². The van der Waals surface area contributed by atoms with Gasteiger partial charge in [-0.3, -0.25) is 0 Å². The molecule has 1 aromatic carbocycles. The summed E-state index contributed by atoms with van der Waals surface area (Å²) in [6, 6.07) is 4.86. The monoisotopic (exact) mass is 320 g/mol. The third-order valence-electron chi connectivity index (χ3n) is 4.03. The van der Waals surface area contributed by atoms with Crippen molar-refractivity contribution in [2.24, 2.45) is 0 Å². The minimum atomic E-state index is -0.363. The van der Waals surface area contributed by atoms with Crippen LogP contribution < -0.4 is 11.5 Å². The first-order chi connectivity index (χ1) is 11.1. The Bertz CT molecular complexity index is 461. The molecular formula is C19H32N2O2. The van der Waals surface area contributed by atoms with E-state index in [2.05, 4.69) is 6.92 Å². The molecule has 0 spiro atoms. The highest BCUT2D eigenvalue weighted by Gasteiger charge is 2.10. The molecule has 0 atom stereocenters. The fraction of sp³-hybridized carbons (Fsp3) is 0.632. The lowest BCUT2D eigenvalue weighted by molar-refractivity contribution is 0.0499. The minimum Gasteiger partial charge on any atom is -0.462 e. The van der Waals surface area contributed by atoms with E-state index in [1.165, 1.54) is 51.4 Å². The van der Waals surface area contributed by atoms with E-state index in [0.717, 1.165) is 12.8 Å². The van der Waals surface area contributed by atoms with Crippen molar-refractivity contribution in [1.29, 1.82) is 0 Å². The molecule has 4 N–H and O–H groups in total. The van der Waals surface area contributed by atoms with Crippen molar-refractivity contribution in [3.63, 3.8) is 0 Å². The first kappa shape index (κ1) is 19.3. The smallest absolute Gasteiger partial charge is 0.340 e. The molecule has 1 rings (SSSR count). The van der Waals surface area contributed by atoms with Crippen LogP contribution in [0.1, 0.15) is 81.5 Å². The van der Waals surface area contributed by atoms with E-state index >= 15 is 0 Å². The van der Waals surface area contributed by atoms with Gasteiger partial charge in [-0.2, -0.15) is 0 Å². The summed E-state index contributed by atoms with van der Waals surface area (Å²) < 4.78 is 5.26. The number of unbranched alkanes of at least 4 members (excludes halogenated alkanes) is 9. The van der Waals surface area contributed by atoms with E-state index in [1.54, 1.807) is 18.2 Å². The molecule has 0 aliphatic carbocycles. The Morgan fingerprint density at radius 3 is 2.04 bits per heavy atom. The first-order valence-corrected chi connectivity index (χ1v) is 8.97. The molecule has 0 bridgehead atoms. The maximum absolute atomic E-state index is 11.9. The Hall–Kier alpha value is -1.71. The summed E-state index contributed by atoms with van der Waals surface area (Å²) in [4.78, 5) is 11.9. The van der Waals surface area contributed by atoms with Gasteiger partial charge in [0.25, 0.3) is 0 Å². The molecule has 0 aliphatic rings. The average molecular weight is 320 g/mol. The van der Waals surface area contributed by atoms with E-state index < -0.39 is 0 Å². The molecule has 0 radical (unpaired) electrons. The fourth-order valence-corrected chi connectivity index (χ4v) is 2.60. The lowest BCUT2D eigenvalue weighted by atomic mass is 10.1. The van der Waals surface area contributed by atoms with Gasteiger partial charge in [-0.05, 0) is 24.6 Å². The third kappa shape index (κ3) is 8.48. The van der Waals surface area contributed by atoms with E-state index in [0.29, 0.717) is 23.5 Å².